The van der Waals surface area contributed by atoms with Gasteiger partial charge in [-0.05, 0) is 48.0 Å². The molecule has 7 heteroatoms. The molecule has 0 fully saturated rings. The van der Waals surface area contributed by atoms with Crippen molar-refractivity contribution < 1.29 is 19.0 Å². The summed E-state index contributed by atoms with van der Waals surface area (Å²) in [4.78, 5) is 11.9. The van der Waals surface area contributed by atoms with Crippen LogP contribution in [0.1, 0.15) is 11.1 Å². The number of ether oxygens (including phenoxy) is 3. The molecule has 1 amide bonds. The second-order valence-electron chi connectivity index (χ2n) is 6.21. The number of halogens is 1. The zero-order valence-electron chi connectivity index (χ0n) is 16.4. The minimum atomic E-state index is -0.367. The Labute approximate surface area is 180 Å². The molecule has 0 atom stereocenters. The Morgan fingerprint density at radius 2 is 1.73 bits per heavy atom. The quantitative estimate of drug-likeness (QED) is 0.407. The van der Waals surface area contributed by atoms with Crippen LogP contribution in [0.25, 0.3) is 0 Å². The lowest BCUT2D eigenvalue weighted by atomic mass is 10.2. The third kappa shape index (κ3) is 6.53. The number of rotatable bonds is 9. The first-order valence-corrected chi connectivity index (χ1v) is 9.57. The SMILES string of the molecule is COc1cccc(OCC(=O)N/N=C/c2ccc(OCc3ccccc3Cl)cc2)c1. The Morgan fingerprint density at radius 3 is 2.50 bits per heavy atom. The molecule has 0 aliphatic rings. The number of hydrazone groups is 1. The number of hydrogen-bond acceptors (Lipinski definition) is 5. The van der Waals surface area contributed by atoms with E-state index in [4.69, 9.17) is 25.8 Å². The highest BCUT2D eigenvalue weighted by molar-refractivity contribution is 6.31. The molecule has 30 heavy (non-hydrogen) atoms. The monoisotopic (exact) mass is 424 g/mol. The molecule has 0 aliphatic heterocycles. The molecule has 0 spiro atoms. The van der Waals surface area contributed by atoms with Crippen LogP contribution in [0.3, 0.4) is 0 Å². The van der Waals surface area contributed by atoms with E-state index in [0.29, 0.717) is 28.9 Å². The fourth-order valence-electron chi connectivity index (χ4n) is 2.48. The highest BCUT2D eigenvalue weighted by atomic mass is 35.5. The number of nitrogens with one attached hydrogen (secondary N) is 1. The van der Waals surface area contributed by atoms with E-state index in [1.807, 2.05) is 48.5 Å². The van der Waals surface area contributed by atoms with Gasteiger partial charge in [0.25, 0.3) is 5.91 Å². The summed E-state index contributed by atoms with van der Waals surface area (Å²) in [6.45, 7) is 0.232. The molecule has 0 unspecified atom stereocenters. The molecule has 0 saturated carbocycles. The third-order valence-corrected chi connectivity index (χ3v) is 4.42. The molecule has 154 valence electrons. The molecule has 0 aromatic heterocycles. The van der Waals surface area contributed by atoms with E-state index in [2.05, 4.69) is 10.5 Å². The lowest BCUT2D eigenvalue weighted by Crippen LogP contribution is -2.24. The van der Waals surface area contributed by atoms with Crippen LogP contribution in [0.2, 0.25) is 5.02 Å². The minimum Gasteiger partial charge on any atom is -0.497 e. The number of benzene rings is 3. The van der Waals surface area contributed by atoms with Crippen molar-refractivity contribution in [2.75, 3.05) is 13.7 Å². The molecule has 0 heterocycles. The van der Waals surface area contributed by atoms with E-state index >= 15 is 0 Å². The van der Waals surface area contributed by atoms with Crippen LogP contribution in [0, 0.1) is 0 Å². The van der Waals surface area contributed by atoms with E-state index in [9.17, 15) is 4.79 Å². The van der Waals surface area contributed by atoms with Crippen molar-refractivity contribution in [2.24, 2.45) is 5.10 Å². The van der Waals surface area contributed by atoms with Crippen molar-refractivity contribution >= 4 is 23.7 Å². The first-order valence-electron chi connectivity index (χ1n) is 9.19. The van der Waals surface area contributed by atoms with Crippen molar-refractivity contribution in [1.29, 1.82) is 0 Å². The molecule has 0 aliphatic carbocycles. The highest BCUT2D eigenvalue weighted by Crippen LogP contribution is 2.19. The van der Waals surface area contributed by atoms with E-state index in [1.54, 1.807) is 37.6 Å². The smallest absolute Gasteiger partial charge is 0.277 e. The molecular formula is C23H21ClN2O4. The average molecular weight is 425 g/mol. The predicted molar refractivity (Wildman–Crippen MR) is 116 cm³/mol. The van der Waals surface area contributed by atoms with Crippen LogP contribution < -0.4 is 19.6 Å². The highest BCUT2D eigenvalue weighted by Gasteiger charge is 2.03. The summed E-state index contributed by atoms with van der Waals surface area (Å²) in [6.07, 6.45) is 1.54. The van der Waals surface area contributed by atoms with Crippen LogP contribution in [0.15, 0.2) is 77.9 Å². The van der Waals surface area contributed by atoms with Crippen molar-refractivity contribution in [3.8, 4) is 17.2 Å². The molecule has 1 N–H and O–H groups in total. The summed E-state index contributed by atoms with van der Waals surface area (Å²) in [5.41, 5.74) is 4.16. The lowest BCUT2D eigenvalue weighted by molar-refractivity contribution is -0.123. The molecular weight excluding hydrogens is 404 g/mol. The number of methoxy groups -OCH3 is 1. The van der Waals surface area contributed by atoms with Crippen LogP contribution in [-0.2, 0) is 11.4 Å². The average Bonchev–Trinajstić information content (AvgIpc) is 2.78. The Morgan fingerprint density at radius 1 is 0.967 bits per heavy atom. The van der Waals surface area contributed by atoms with E-state index < -0.39 is 0 Å². The Kier molecular flexibility index (Phi) is 7.69. The fourth-order valence-corrected chi connectivity index (χ4v) is 2.67. The summed E-state index contributed by atoms with van der Waals surface area (Å²) < 4.78 is 16.3. The van der Waals surface area contributed by atoms with Gasteiger partial charge in [0, 0.05) is 16.7 Å². The van der Waals surface area contributed by atoms with Gasteiger partial charge in [-0.3, -0.25) is 4.79 Å². The summed E-state index contributed by atoms with van der Waals surface area (Å²) >= 11 is 6.12. The van der Waals surface area contributed by atoms with E-state index in [0.717, 1.165) is 11.1 Å². The van der Waals surface area contributed by atoms with Gasteiger partial charge in [0.1, 0.15) is 23.9 Å². The normalized spacial score (nSPS) is 10.6. The van der Waals surface area contributed by atoms with Crippen LogP contribution in [0.4, 0.5) is 0 Å². The zero-order chi connectivity index (χ0) is 21.2. The van der Waals surface area contributed by atoms with Gasteiger partial charge >= 0.3 is 0 Å². The van der Waals surface area contributed by atoms with Crippen LogP contribution in [0.5, 0.6) is 17.2 Å². The van der Waals surface area contributed by atoms with Crippen molar-refractivity contribution in [2.45, 2.75) is 6.61 Å². The molecule has 6 nitrogen and oxygen atoms in total. The van der Waals surface area contributed by atoms with E-state index in [1.165, 1.54) is 0 Å². The third-order valence-electron chi connectivity index (χ3n) is 4.05. The fraction of sp³-hybridized carbons (Fsp3) is 0.130. The summed E-state index contributed by atoms with van der Waals surface area (Å²) in [5.74, 6) is 1.54. The molecule has 0 saturated heterocycles. The summed E-state index contributed by atoms with van der Waals surface area (Å²) in [5, 5.41) is 4.61. The Balaban J connectivity index is 1.43. The molecule has 3 aromatic rings. The van der Waals surface area contributed by atoms with Gasteiger partial charge in [-0.1, -0.05) is 35.9 Å². The zero-order valence-corrected chi connectivity index (χ0v) is 17.1. The maximum Gasteiger partial charge on any atom is 0.277 e. The first kappa shape index (κ1) is 21.2. The second-order valence-corrected chi connectivity index (χ2v) is 6.62. The number of carbonyl (C=O) groups is 1. The van der Waals surface area contributed by atoms with Crippen LogP contribution >= 0.6 is 11.6 Å². The van der Waals surface area contributed by atoms with Gasteiger partial charge in [-0.25, -0.2) is 5.43 Å². The molecule has 0 radical (unpaired) electrons. The number of hydrogen-bond donors (Lipinski definition) is 1. The van der Waals surface area contributed by atoms with Gasteiger partial charge in [0.2, 0.25) is 0 Å². The van der Waals surface area contributed by atoms with Gasteiger partial charge in [-0.2, -0.15) is 5.10 Å². The Bertz CT molecular complexity index is 1010. The van der Waals surface area contributed by atoms with E-state index in [-0.39, 0.29) is 12.5 Å². The van der Waals surface area contributed by atoms with Crippen molar-refractivity contribution in [1.82, 2.24) is 5.43 Å². The first-order chi connectivity index (χ1) is 14.6. The van der Waals surface area contributed by atoms with Crippen molar-refractivity contribution in [3.63, 3.8) is 0 Å². The predicted octanol–water partition coefficient (Wildman–Crippen LogP) is 4.46. The maximum atomic E-state index is 11.9. The van der Waals surface area contributed by atoms with Gasteiger partial charge in [0.05, 0.1) is 13.3 Å². The van der Waals surface area contributed by atoms with Gasteiger partial charge < -0.3 is 14.2 Å². The van der Waals surface area contributed by atoms with Gasteiger partial charge in [0.15, 0.2) is 6.61 Å². The molecule has 0 bridgehead atoms. The number of carbonyl (C=O) groups excluding carboxylic acids is 1. The van der Waals surface area contributed by atoms with Crippen molar-refractivity contribution in [3.05, 3.63) is 88.9 Å². The van der Waals surface area contributed by atoms with Crippen LogP contribution in [-0.4, -0.2) is 25.8 Å². The molecule has 3 rings (SSSR count). The Hall–Kier alpha value is -3.51. The standard InChI is InChI=1S/C23H21ClN2O4/c1-28-20-6-4-7-21(13-20)30-16-23(27)26-25-14-17-9-11-19(12-10-17)29-15-18-5-2-3-8-22(18)24/h2-14H,15-16H2,1H3,(H,26,27)/b25-14+. The topological polar surface area (TPSA) is 69.2 Å². The lowest BCUT2D eigenvalue weighted by Gasteiger charge is -2.08. The number of nitrogens with zero attached hydrogens (tertiary/aromatic N) is 1. The summed E-state index contributed by atoms with van der Waals surface area (Å²) in [6, 6.07) is 21.9. The second kappa shape index (κ2) is 10.9. The number of amides is 1. The molecule has 3 aromatic carbocycles. The minimum absolute atomic E-state index is 0.153. The maximum absolute atomic E-state index is 11.9. The van der Waals surface area contributed by atoms with Gasteiger partial charge in [-0.15, -0.1) is 0 Å². The summed E-state index contributed by atoms with van der Waals surface area (Å²) in [7, 11) is 1.57. The largest absolute Gasteiger partial charge is 0.497 e.